The van der Waals surface area contributed by atoms with Gasteiger partial charge in [-0.05, 0) is 44.6 Å². The van der Waals surface area contributed by atoms with Crippen LogP contribution in [0.25, 0.3) is 0 Å². The fourth-order valence-electron chi connectivity index (χ4n) is 3.22. The van der Waals surface area contributed by atoms with Crippen LogP contribution in [0.15, 0.2) is 22.5 Å². The Labute approximate surface area is 188 Å². The standard InChI is InChI=1S/C19H30N6OS.HI/c1-4-26-16-8-11-25(12-9-16)19(20-10-7-17-6-5-13-27-17)21-14-18-23-22-15(2)24(18)3;/h5-6,13,16H,4,7-12,14H2,1-3H3,(H,20,21);1H. The molecule has 0 aliphatic carbocycles. The van der Waals surface area contributed by atoms with Crippen molar-refractivity contribution >= 4 is 41.3 Å². The first-order valence-electron chi connectivity index (χ1n) is 9.69. The molecular weight excluding hydrogens is 487 g/mol. The number of ether oxygens (including phenoxy) is 1. The number of guanidine groups is 1. The molecule has 3 heterocycles. The van der Waals surface area contributed by atoms with Gasteiger partial charge in [0.05, 0.1) is 6.10 Å². The quantitative estimate of drug-likeness (QED) is 0.347. The average molecular weight is 518 g/mol. The van der Waals surface area contributed by atoms with E-state index in [4.69, 9.17) is 9.73 Å². The Hall–Kier alpha value is -1.20. The third-order valence-corrected chi connectivity index (χ3v) is 5.87. The zero-order valence-electron chi connectivity index (χ0n) is 16.9. The van der Waals surface area contributed by atoms with Crippen LogP contribution < -0.4 is 5.32 Å². The summed E-state index contributed by atoms with van der Waals surface area (Å²) in [6.45, 7) is 8.15. The second-order valence-corrected chi connectivity index (χ2v) is 7.79. The molecular formula is C19H31IN6OS. The number of hydrogen-bond donors (Lipinski definition) is 1. The Morgan fingerprint density at radius 3 is 2.75 bits per heavy atom. The Bertz CT molecular complexity index is 725. The van der Waals surface area contributed by atoms with Gasteiger partial charge in [0.2, 0.25) is 0 Å². The smallest absolute Gasteiger partial charge is 0.194 e. The van der Waals surface area contributed by atoms with Crippen molar-refractivity contribution < 1.29 is 4.74 Å². The SMILES string of the molecule is CCOC1CCN(C(=NCc2nnc(C)n2C)NCCc2cccs2)CC1.I. The Morgan fingerprint density at radius 2 is 2.14 bits per heavy atom. The highest BCUT2D eigenvalue weighted by Crippen LogP contribution is 2.14. The highest BCUT2D eigenvalue weighted by Gasteiger charge is 2.22. The van der Waals surface area contributed by atoms with Crippen molar-refractivity contribution in [3.05, 3.63) is 34.0 Å². The summed E-state index contributed by atoms with van der Waals surface area (Å²) in [5.41, 5.74) is 0. The first-order valence-corrected chi connectivity index (χ1v) is 10.6. The summed E-state index contributed by atoms with van der Waals surface area (Å²) in [6.07, 6.45) is 3.47. The largest absolute Gasteiger partial charge is 0.378 e. The van der Waals surface area contributed by atoms with E-state index in [2.05, 4.69) is 44.9 Å². The van der Waals surface area contributed by atoms with E-state index in [1.807, 2.05) is 18.5 Å². The third kappa shape index (κ3) is 6.41. The van der Waals surface area contributed by atoms with Gasteiger partial charge < -0.3 is 19.5 Å². The number of piperidine rings is 1. The molecule has 0 radical (unpaired) electrons. The number of nitrogens with zero attached hydrogens (tertiary/aromatic N) is 5. The van der Waals surface area contributed by atoms with Crippen molar-refractivity contribution in [3.8, 4) is 0 Å². The first-order chi connectivity index (χ1) is 13.2. The summed E-state index contributed by atoms with van der Waals surface area (Å²) in [5.74, 6) is 2.75. The number of hydrogen-bond acceptors (Lipinski definition) is 5. The van der Waals surface area contributed by atoms with E-state index in [0.717, 1.165) is 63.1 Å². The zero-order valence-corrected chi connectivity index (χ0v) is 20.1. The molecule has 2 aromatic heterocycles. The van der Waals surface area contributed by atoms with Crippen LogP contribution in [0, 0.1) is 6.92 Å². The Morgan fingerprint density at radius 1 is 1.36 bits per heavy atom. The molecule has 1 saturated heterocycles. The van der Waals surface area contributed by atoms with Gasteiger partial charge in [0.25, 0.3) is 0 Å². The van der Waals surface area contributed by atoms with Crippen molar-refractivity contribution in [2.45, 2.75) is 45.8 Å². The second-order valence-electron chi connectivity index (χ2n) is 6.76. The molecule has 28 heavy (non-hydrogen) atoms. The van der Waals surface area contributed by atoms with Crippen LogP contribution in [0.3, 0.4) is 0 Å². The summed E-state index contributed by atoms with van der Waals surface area (Å²) < 4.78 is 7.78. The number of likely N-dealkylation sites (tertiary alicyclic amines) is 1. The molecule has 0 unspecified atom stereocenters. The highest BCUT2D eigenvalue weighted by atomic mass is 127. The average Bonchev–Trinajstić information content (AvgIpc) is 3.30. The van der Waals surface area contributed by atoms with Crippen LogP contribution >= 0.6 is 35.3 Å². The second kappa shape index (κ2) is 11.7. The van der Waals surface area contributed by atoms with Crippen molar-refractivity contribution in [2.24, 2.45) is 12.0 Å². The molecule has 7 nitrogen and oxygen atoms in total. The molecule has 156 valence electrons. The minimum atomic E-state index is 0. The van der Waals surface area contributed by atoms with Gasteiger partial charge in [-0.1, -0.05) is 6.07 Å². The van der Waals surface area contributed by atoms with E-state index in [1.54, 1.807) is 11.3 Å². The Balaban J connectivity index is 0.00000280. The Kier molecular flexibility index (Phi) is 9.66. The van der Waals surface area contributed by atoms with Crippen LogP contribution in [0.5, 0.6) is 0 Å². The molecule has 3 rings (SSSR count). The van der Waals surface area contributed by atoms with Crippen LogP contribution in [0.4, 0.5) is 0 Å². The van der Waals surface area contributed by atoms with Crippen molar-refractivity contribution in [1.82, 2.24) is 25.0 Å². The maximum atomic E-state index is 5.78. The molecule has 2 aromatic rings. The lowest BCUT2D eigenvalue weighted by Gasteiger charge is -2.34. The van der Waals surface area contributed by atoms with Crippen LogP contribution in [-0.4, -0.2) is 58.0 Å². The van der Waals surface area contributed by atoms with E-state index in [9.17, 15) is 0 Å². The molecule has 1 aliphatic heterocycles. The van der Waals surface area contributed by atoms with Gasteiger partial charge in [-0.15, -0.1) is 45.5 Å². The molecule has 1 fully saturated rings. The summed E-state index contributed by atoms with van der Waals surface area (Å²) in [5, 5.41) is 14.0. The van der Waals surface area contributed by atoms with Gasteiger partial charge in [-0.2, -0.15) is 0 Å². The number of thiophene rings is 1. The highest BCUT2D eigenvalue weighted by molar-refractivity contribution is 14.0. The number of aliphatic imine (C=N–C) groups is 1. The minimum Gasteiger partial charge on any atom is -0.378 e. The molecule has 0 spiro atoms. The lowest BCUT2D eigenvalue weighted by molar-refractivity contribution is 0.0263. The zero-order chi connectivity index (χ0) is 19.1. The fraction of sp³-hybridized carbons (Fsp3) is 0.632. The minimum absolute atomic E-state index is 0. The topological polar surface area (TPSA) is 67.6 Å². The van der Waals surface area contributed by atoms with Crippen molar-refractivity contribution in [2.75, 3.05) is 26.2 Å². The normalized spacial score (nSPS) is 15.5. The first kappa shape index (κ1) is 23.1. The summed E-state index contributed by atoms with van der Waals surface area (Å²) >= 11 is 1.80. The monoisotopic (exact) mass is 518 g/mol. The fourth-order valence-corrected chi connectivity index (χ4v) is 3.93. The van der Waals surface area contributed by atoms with Gasteiger partial charge >= 0.3 is 0 Å². The summed E-state index contributed by atoms with van der Waals surface area (Å²) in [7, 11) is 1.98. The molecule has 0 bridgehead atoms. The molecule has 1 N–H and O–H groups in total. The predicted octanol–water partition coefficient (Wildman–Crippen LogP) is 2.99. The van der Waals surface area contributed by atoms with E-state index in [-0.39, 0.29) is 24.0 Å². The number of nitrogens with one attached hydrogen (secondary N) is 1. The molecule has 0 amide bonds. The maximum absolute atomic E-state index is 5.78. The molecule has 9 heteroatoms. The van der Waals surface area contributed by atoms with Gasteiger partial charge in [-0.25, -0.2) is 4.99 Å². The van der Waals surface area contributed by atoms with Crippen molar-refractivity contribution in [3.63, 3.8) is 0 Å². The number of rotatable bonds is 7. The lowest BCUT2D eigenvalue weighted by atomic mass is 10.1. The molecule has 0 atom stereocenters. The van der Waals surface area contributed by atoms with E-state index in [1.165, 1.54) is 4.88 Å². The number of aromatic nitrogens is 3. The van der Waals surface area contributed by atoms with E-state index >= 15 is 0 Å². The van der Waals surface area contributed by atoms with Gasteiger partial charge in [0.1, 0.15) is 12.4 Å². The number of aryl methyl sites for hydroxylation is 1. The predicted molar refractivity (Wildman–Crippen MR) is 125 cm³/mol. The van der Waals surface area contributed by atoms with Crippen LogP contribution in [0.2, 0.25) is 0 Å². The molecule has 1 aliphatic rings. The van der Waals surface area contributed by atoms with E-state index in [0.29, 0.717) is 12.6 Å². The maximum Gasteiger partial charge on any atom is 0.194 e. The van der Waals surface area contributed by atoms with Crippen LogP contribution in [-0.2, 0) is 24.8 Å². The van der Waals surface area contributed by atoms with Crippen molar-refractivity contribution in [1.29, 1.82) is 0 Å². The van der Waals surface area contributed by atoms with E-state index < -0.39 is 0 Å². The molecule has 0 aromatic carbocycles. The molecule has 0 saturated carbocycles. The van der Waals surface area contributed by atoms with Gasteiger partial charge in [0, 0.05) is 38.2 Å². The van der Waals surface area contributed by atoms with Gasteiger partial charge in [-0.3, -0.25) is 0 Å². The van der Waals surface area contributed by atoms with Gasteiger partial charge in [0.15, 0.2) is 11.8 Å². The lowest BCUT2D eigenvalue weighted by Crippen LogP contribution is -2.47. The number of halogens is 1. The summed E-state index contributed by atoms with van der Waals surface area (Å²) in [4.78, 5) is 8.58. The third-order valence-electron chi connectivity index (χ3n) is 4.93. The summed E-state index contributed by atoms with van der Waals surface area (Å²) in [6, 6.07) is 4.28. The van der Waals surface area contributed by atoms with Crippen LogP contribution in [0.1, 0.15) is 36.3 Å².